The Labute approximate surface area is 106 Å². The van der Waals surface area contributed by atoms with Crippen LogP contribution < -0.4 is 10.5 Å². The van der Waals surface area contributed by atoms with Crippen molar-refractivity contribution in [2.75, 3.05) is 12.3 Å². The highest BCUT2D eigenvalue weighted by Gasteiger charge is 2.25. The van der Waals surface area contributed by atoms with Gasteiger partial charge in [-0.05, 0) is 13.0 Å². The third kappa shape index (κ3) is 3.50. The number of hydrogen-bond acceptors (Lipinski definition) is 6. The van der Waals surface area contributed by atoms with Gasteiger partial charge in [0.1, 0.15) is 5.56 Å². The number of rotatable bonds is 5. The van der Waals surface area contributed by atoms with Gasteiger partial charge in [-0.15, -0.1) is 0 Å². The lowest BCUT2D eigenvalue weighted by atomic mass is 10.1. The van der Waals surface area contributed by atoms with Gasteiger partial charge in [-0.1, -0.05) is 0 Å². The average Bonchev–Trinajstić information content (AvgIpc) is 2.30. The van der Waals surface area contributed by atoms with E-state index in [-0.39, 0.29) is 12.3 Å². The lowest BCUT2D eigenvalue weighted by Gasteiger charge is -2.09. The summed E-state index contributed by atoms with van der Waals surface area (Å²) in [5.41, 5.74) is 3.91. The SMILES string of the molecule is CCOC(=O)c1cc(N)c(OC(F)F)cc1[N+](=O)[O-]. The fourth-order valence-corrected chi connectivity index (χ4v) is 1.31. The molecule has 0 spiro atoms. The first-order chi connectivity index (χ1) is 8.86. The first-order valence-electron chi connectivity index (χ1n) is 5.06. The Morgan fingerprint density at radius 2 is 2.16 bits per heavy atom. The molecule has 0 unspecified atom stereocenters. The number of carbonyl (C=O) groups is 1. The predicted octanol–water partition coefficient (Wildman–Crippen LogP) is 1.96. The number of halogens is 2. The van der Waals surface area contributed by atoms with Crippen LogP contribution in [0.15, 0.2) is 12.1 Å². The van der Waals surface area contributed by atoms with E-state index in [2.05, 4.69) is 9.47 Å². The van der Waals surface area contributed by atoms with Crippen LogP contribution in [-0.2, 0) is 4.74 Å². The molecule has 0 aliphatic carbocycles. The Morgan fingerprint density at radius 3 is 2.63 bits per heavy atom. The van der Waals surface area contributed by atoms with Crippen LogP contribution in [-0.4, -0.2) is 24.1 Å². The van der Waals surface area contributed by atoms with Gasteiger partial charge in [0.2, 0.25) is 0 Å². The van der Waals surface area contributed by atoms with Gasteiger partial charge >= 0.3 is 12.6 Å². The van der Waals surface area contributed by atoms with E-state index < -0.39 is 34.5 Å². The molecular formula is C10H10F2N2O5. The minimum atomic E-state index is -3.18. The number of carbonyl (C=O) groups excluding carboxylic acids is 1. The maximum absolute atomic E-state index is 12.1. The molecule has 7 nitrogen and oxygen atoms in total. The Bertz CT molecular complexity index is 507. The van der Waals surface area contributed by atoms with Crippen LogP contribution in [0.1, 0.15) is 17.3 Å². The molecule has 0 saturated carbocycles. The topological polar surface area (TPSA) is 105 Å². The van der Waals surface area contributed by atoms with Crippen LogP contribution in [0.25, 0.3) is 0 Å². The van der Waals surface area contributed by atoms with E-state index in [1.54, 1.807) is 0 Å². The van der Waals surface area contributed by atoms with Gasteiger partial charge in [-0.3, -0.25) is 10.1 Å². The number of ether oxygens (including phenoxy) is 2. The number of alkyl halides is 2. The molecule has 0 bridgehead atoms. The third-order valence-electron chi connectivity index (χ3n) is 2.04. The zero-order valence-corrected chi connectivity index (χ0v) is 9.76. The van der Waals surface area contributed by atoms with Gasteiger partial charge in [0, 0.05) is 0 Å². The number of nitrogens with two attached hydrogens (primary N) is 1. The Kier molecular flexibility index (Phi) is 4.56. The molecule has 0 radical (unpaired) electrons. The average molecular weight is 276 g/mol. The number of nitro benzene ring substituents is 1. The van der Waals surface area contributed by atoms with Gasteiger partial charge < -0.3 is 15.2 Å². The number of anilines is 1. The Hall–Kier alpha value is -2.45. The zero-order chi connectivity index (χ0) is 14.6. The summed E-state index contributed by atoms with van der Waals surface area (Å²) in [5, 5.41) is 10.8. The first-order valence-corrected chi connectivity index (χ1v) is 5.06. The largest absolute Gasteiger partial charge is 0.462 e. The zero-order valence-electron chi connectivity index (χ0n) is 9.76. The summed E-state index contributed by atoms with van der Waals surface area (Å²) in [4.78, 5) is 21.4. The van der Waals surface area contributed by atoms with Crippen LogP contribution in [0.3, 0.4) is 0 Å². The van der Waals surface area contributed by atoms with Gasteiger partial charge in [-0.2, -0.15) is 8.78 Å². The Balaban J connectivity index is 3.29. The summed E-state index contributed by atoms with van der Waals surface area (Å²) in [6.45, 7) is -1.66. The molecule has 0 heterocycles. The maximum Gasteiger partial charge on any atom is 0.387 e. The molecular weight excluding hydrogens is 266 g/mol. The molecule has 0 saturated heterocycles. The second-order valence-electron chi connectivity index (χ2n) is 3.26. The summed E-state index contributed by atoms with van der Waals surface area (Å²) in [6, 6.07) is 1.53. The van der Waals surface area contributed by atoms with Crippen LogP contribution in [0.2, 0.25) is 0 Å². The van der Waals surface area contributed by atoms with Crippen molar-refractivity contribution in [3.63, 3.8) is 0 Å². The molecule has 9 heteroatoms. The van der Waals surface area contributed by atoms with Crippen molar-refractivity contribution >= 4 is 17.3 Å². The van der Waals surface area contributed by atoms with E-state index >= 15 is 0 Å². The summed E-state index contributed by atoms with van der Waals surface area (Å²) in [6.07, 6.45) is 0. The van der Waals surface area contributed by atoms with Gasteiger partial charge in [0.25, 0.3) is 5.69 Å². The van der Waals surface area contributed by atoms with Crippen molar-refractivity contribution in [3.05, 3.63) is 27.8 Å². The van der Waals surface area contributed by atoms with E-state index in [1.807, 2.05) is 0 Å². The smallest absolute Gasteiger partial charge is 0.387 e. The number of benzene rings is 1. The second-order valence-corrected chi connectivity index (χ2v) is 3.26. The van der Waals surface area contributed by atoms with Crippen molar-refractivity contribution < 1.29 is 28.0 Å². The molecule has 19 heavy (non-hydrogen) atoms. The molecule has 1 aromatic carbocycles. The molecule has 0 aliphatic heterocycles. The van der Waals surface area contributed by atoms with Crippen molar-refractivity contribution in [1.82, 2.24) is 0 Å². The predicted molar refractivity (Wildman–Crippen MR) is 60.1 cm³/mol. The maximum atomic E-state index is 12.1. The highest BCUT2D eigenvalue weighted by atomic mass is 19.3. The number of nitrogen functional groups attached to an aromatic ring is 1. The van der Waals surface area contributed by atoms with E-state index in [0.717, 1.165) is 6.07 Å². The quantitative estimate of drug-likeness (QED) is 0.381. The first kappa shape index (κ1) is 14.6. The monoisotopic (exact) mass is 276 g/mol. The highest BCUT2D eigenvalue weighted by molar-refractivity contribution is 5.95. The van der Waals surface area contributed by atoms with Crippen molar-refractivity contribution in [3.8, 4) is 5.75 Å². The molecule has 2 N–H and O–H groups in total. The van der Waals surface area contributed by atoms with Gasteiger partial charge in [0.05, 0.1) is 23.3 Å². The minimum Gasteiger partial charge on any atom is -0.462 e. The lowest BCUT2D eigenvalue weighted by Crippen LogP contribution is -2.11. The number of nitro groups is 1. The molecule has 1 aromatic rings. The van der Waals surface area contributed by atoms with Crippen LogP contribution in [0.5, 0.6) is 5.75 Å². The second kappa shape index (κ2) is 5.94. The summed E-state index contributed by atoms with van der Waals surface area (Å²) in [5.74, 6) is -1.54. The molecule has 104 valence electrons. The van der Waals surface area contributed by atoms with Crippen molar-refractivity contribution in [2.24, 2.45) is 0 Å². The van der Waals surface area contributed by atoms with Crippen molar-refractivity contribution in [2.45, 2.75) is 13.5 Å². The van der Waals surface area contributed by atoms with E-state index in [4.69, 9.17) is 5.73 Å². The summed E-state index contributed by atoms with van der Waals surface area (Å²) < 4.78 is 32.8. The highest BCUT2D eigenvalue weighted by Crippen LogP contribution is 2.32. The number of esters is 1. The number of hydrogen-bond donors (Lipinski definition) is 1. The molecule has 0 fully saturated rings. The molecule has 0 aromatic heterocycles. The molecule has 0 amide bonds. The molecule has 1 rings (SSSR count). The van der Waals surface area contributed by atoms with E-state index in [1.165, 1.54) is 6.92 Å². The van der Waals surface area contributed by atoms with Crippen molar-refractivity contribution in [1.29, 1.82) is 0 Å². The fraction of sp³-hybridized carbons (Fsp3) is 0.300. The van der Waals surface area contributed by atoms with Crippen LogP contribution in [0, 0.1) is 10.1 Å². The summed E-state index contributed by atoms with van der Waals surface area (Å²) >= 11 is 0. The minimum absolute atomic E-state index is 0.00514. The normalized spacial score (nSPS) is 10.3. The third-order valence-corrected chi connectivity index (χ3v) is 2.04. The lowest BCUT2D eigenvalue weighted by molar-refractivity contribution is -0.385. The number of nitrogens with zero attached hydrogens (tertiary/aromatic N) is 1. The summed E-state index contributed by atoms with van der Waals surface area (Å²) in [7, 11) is 0. The molecule has 0 atom stereocenters. The standard InChI is InChI=1S/C10H10F2N2O5/c1-2-18-9(15)5-3-6(13)8(19-10(11)12)4-7(5)14(16)17/h3-4,10H,2,13H2,1H3. The van der Waals surface area contributed by atoms with Gasteiger partial charge in [-0.25, -0.2) is 4.79 Å². The van der Waals surface area contributed by atoms with E-state index in [9.17, 15) is 23.7 Å². The van der Waals surface area contributed by atoms with Gasteiger partial charge in [0.15, 0.2) is 5.75 Å². The van der Waals surface area contributed by atoms with Crippen LogP contribution >= 0.6 is 0 Å². The van der Waals surface area contributed by atoms with E-state index in [0.29, 0.717) is 6.07 Å². The molecule has 0 aliphatic rings. The van der Waals surface area contributed by atoms with Crippen LogP contribution in [0.4, 0.5) is 20.2 Å². The fourth-order valence-electron chi connectivity index (χ4n) is 1.31. The Morgan fingerprint density at radius 1 is 1.53 bits per heavy atom.